The third-order valence-electron chi connectivity index (χ3n) is 1.92. The van der Waals surface area contributed by atoms with E-state index in [-0.39, 0.29) is 0 Å². The molecule has 1 heteroatoms. The molecule has 1 aliphatic rings. The summed E-state index contributed by atoms with van der Waals surface area (Å²) in [4.78, 5) is 0. The Bertz CT molecular complexity index is 116. The molecule has 1 rings (SSSR count). The fraction of sp³-hybridized carbons (Fsp3) is 0.750. The van der Waals surface area contributed by atoms with Crippen LogP contribution in [0, 0.1) is 0 Å². The largest absolute Gasteiger partial charge is 0.381 e. The van der Waals surface area contributed by atoms with Gasteiger partial charge in [-0.25, -0.2) is 0 Å². The van der Waals surface area contributed by atoms with Crippen molar-refractivity contribution in [2.45, 2.75) is 32.3 Å². The van der Waals surface area contributed by atoms with Crippen molar-refractivity contribution in [3.05, 3.63) is 11.6 Å². The molecule has 0 aromatic heterocycles. The average Bonchev–Trinajstić information content (AvgIpc) is 1.90. The van der Waals surface area contributed by atoms with Crippen LogP contribution in [-0.2, 0) is 4.74 Å². The van der Waals surface area contributed by atoms with E-state index in [2.05, 4.69) is 13.0 Å². The van der Waals surface area contributed by atoms with E-state index in [1.54, 1.807) is 7.11 Å². The molecule has 0 radical (unpaired) electrons. The van der Waals surface area contributed by atoms with Gasteiger partial charge in [0.15, 0.2) is 0 Å². The molecule has 0 heterocycles. The van der Waals surface area contributed by atoms with Crippen molar-refractivity contribution in [3.63, 3.8) is 0 Å². The lowest BCUT2D eigenvalue weighted by molar-refractivity contribution is 0.0941. The van der Waals surface area contributed by atoms with E-state index in [1.807, 2.05) is 0 Å². The molecule has 1 atom stereocenters. The number of hydrogen-bond acceptors (Lipinski definition) is 1. The van der Waals surface area contributed by atoms with Gasteiger partial charge in [-0.1, -0.05) is 11.6 Å². The van der Waals surface area contributed by atoms with E-state index >= 15 is 0 Å². The molecule has 9 heavy (non-hydrogen) atoms. The highest BCUT2D eigenvalue weighted by Crippen LogP contribution is 2.18. The Hall–Kier alpha value is -0.300. The third-order valence-corrected chi connectivity index (χ3v) is 1.92. The van der Waals surface area contributed by atoms with Crippen LogP contribution in [-0.4, -0.2) is 13.2 Å². The fourth-order valence-electron chi connectivity index (χ4n) is 1.16. The maximum Gasteiger partial charge on any atom is 0.0608 e. The van der Waals surface area contributed by atoms with E-state index in [1.165, 1.54) is 18.4 Å². The van der Waals surface area contributed by atoms with Gasteiger partial charge in [0.05, 0.1) is 6.10 Å². The first-order chi connectivity index (χ1) is 4.33. The number of allylic oxidation sites excluding steroid dienone is 1. The minimum Gasteiger partial charge on any atom is -0.381 e. The Balaban J connectivity index is 2.36. The molecule has 0 aromatic rings. The molecule has 52 valence electrons. The molecule has 0 saturated carbocycles. The summed E-state index contributed by atoms with van der Waals surface area (Å²) in [6.45, 7) is 2.19. The van der Waals surface area contributed by atoms with Gasteiger partial charge in [0.25, 0.3) is 0 Å². The molecular formula is C8H14O. The zero-order valence-corrected chi connectivity index (χ0v) is 6.18. The van der Waals surface area contributed by atoms with Crippen LogP contribution in [0.5, 0.6) is 0 Å². The molecule has 1 nitrogen and oxygen atoms in total. The Kier molecular flexibility index (Phi) is 2.29. The second-order valence-corrected chi connectivity index (χ2v) is 2.68. The van der Waals surface area contributed by atoms with Crippen LogP contribution in [0.25, 0.3) is 0 Å². The van der Waals surface area contributed by atoms with Crippen LogP contribution < -0.4 is 0 Å². The summed E-state index contributed by atoms with van der Waals surface area (Å²) >= 11 is 0. The highest BCUT2D eigenvalue weighted by Gasteiger charge is 2.09. The molecule has 0 amide bonds. The number of rotatable bonds is 1. The molecule has 0 bridgehead atoms. The van der Waals surface area contributed by atoms with Crippen molar-refractivity contribution >= 4 is 0 Å². The van der Waals surface area contributed by atoms with E-state index in [9.17, 15) is 0 Å². The maximum atomic E-state index is 5.19. The molecule has 0 aliphatic heterocycles. The molecule has 1 aliphatic carbocycles. The predicted molar refractivity (Wildman–Crippen MR) is 38.4 cm³/mol. The molecular weight excluding hydrogens is 112 g/mol. The first-order valence-corrected chi connectivity index (χ1v) is 3.51. The lowest BCUT2D eigenvalue weighted by atomic mass is 9.98. The molecule has 0 saturated heterocycles. The Morgan fingerprint density at radius 1 is 1.67 bits per heavy atom. The first kappa shape index (κ1) is 6.81. The van der Waals surface area contributed by atoms with E-state index < -0.39 is 0 Å². The maximum absolute atomic E-state index is 5.19. The normalized spacial score (nSPS) is 27.8. The van der Waals surface area contributed by atoms with Crippen LogP contribution in [0.1, 0.15) is 26.2 Å². The minimum absolute atomic E-state index is 0.494. The number of methoxy groups -OCH3 is 1. The first-order valence-electron chi connectivity index (χ1n) is 3.51. The molecule has 0 N–H and O–H groups in total. The summed E-state index contributed by atoms with van der Waals surface area (Å²) in [6, 6.07) is 0. The van der Waals surface area contributed by atoms with Crippen molar-refractivity contribution < 1.29 is 4.74 Å². The zero-order valence-electron chi connectivity index (χ0n) is 6.18. The molecule has 1 unspecified atom stereocenters. The van der Waals surface area contributed by atoms with E-state index in [4.69, 9.17) is 4.74 Å². The summed E-state index contributed by atoms with van der Waals surface area (Å²) in [6.07, 6.45) is 6.31. The van der Waals surface area contributed by atoms with Gasteiger partial charge in [-0.2, -0.15) is 0 Å². The summed E-state index contributed by atoms with van der Waals surface area (Å²) < 4.78 is 5.19. The van der Waals surface area contributed by atoms with Gasteiger partial charge in [0, 0.05) is 7.11 Å². The highest BCUT2D eigenvalue weighted by atomic mass is 16.5. The second kappa shape index (κ2) is 3.02. The number of hydrogen-bond donors (Lipinski definition) is 0. The Morgan fingerprint density at radius 3 is 2.89 bits per heavy atom. The van der Waals surface area contributed by atoms with Crippen molar-refractivity contribution in [2.24, 2.45) is 0 Å². The van der Waals surface area contributed by atoms with Gasteiger partial charge in [0.2, 0.25) is 0 Å². The summed E-state index contributed by atoms with van der Waals surface area (Å²) in [5.41, 5.74) is 1.52. The molecule has 0 aromatic carbocycles. The van der Waals surface area contributed by atoms with Crippen LogP contribution in [0.3, 0.4) is 0 Å². The summed E-state index contributed by atoms with van der Waals surface area (Å²) in [5.74, 6) is 0. The fourth-order valence-corrected chi connectivity index (χ4v) is 1.16. The van der Waals surface area contributed by atoms with Gasteiger partial charge in [-0.3, -0.25) is 0 Å². The smallest absolute Gasteiger partial charge is 0.0608 e. The summed E-state index contributed by atoms with van der Waals surface area (Å²) in [5, 5.41) is 0. The zero-order chi connectivity index (χ0) is 6.69. The van der Waals surface area contributed by atoms with Crippen molar-refractivity contribution in [1.29, 1.82) is 0 Å². The standard InChI is InChI=1S/C8H14O/c1-7-3-5-8(9-2)6-4-7/h3,8H,4-6H2,1-2H3. The van der Waals surface area contributed by atoms with E-state index in [0.717, 1.165) is 6.42 Å². The van der Waals surface area contributed by atoms with Crippen LogP contribution in [0.15, 0.2) is 11.6 Å². The minimum atomic E-state index is 0.494. The number of ether oxygens (including phenoxy) is 1. The van der Waals surface area contributed by atoms with Gasteiger partial charge in [0.1, 0.15) is 0 Å². The van der Waals surface area contributed by atoms with Crippen molar-refractivity contribution in [3.8, 4) is 0 Å². The lowest BCUT2D eigenvalue weighted by Crippen LogP contribution is -2.12. The van der Waals surface area contributed by atoms with Crippen molar-refractivity contribution in [1.82, 2.24) is 0 Å². The van der Waals surface area contributed by atoms with Gasteiger partial charge in [-0.15, -0.1) is 0 Å². The van der Waals surface area contributed by atoms with Crippen LogP contribution >= 0.6 is 0 Å². The predicted octanol–water partition coefficient (Wildman–Crippen LogP) is 2.13. The monoisotopic (exact) mass is 126 g/mol. The SMILES string of the molecule is COC1CC=C(C)CC1. The third kappa shape index (κ3) is 1.83. The second-order valence-electron chi connectivity index (χ2n) is 2.68. The average molecular weight is 126 g/mol. The van der Waals surface area contributed by atoms with E-state index in [0.29, 0.717) is 6.10 Å². The Labute approximate surface area is 56.7 Å². The topological polar surface area (TPSA) is 9.23 Å². The quantitative estimate of drug-likeness (QED) is 0.489. The molecule has 0 spiro atoms. The van der Waals surface area contributed by atoms with Crippen LogP contribution in [0.2, 0.25) is 0 Å². The lowest BCUT2D eigenvalue weighted by Gasteiger charge is -2.18. The summed E-state index contributed by atoms with van der Waals surface area (Å²) in [7, 11) is 1.79. The van der Waals surface area contributed by atoms with Gasteiger partial charge < -0.3 is 4.74 Å². The molecule has 0 fully saturated rings. The Morgan fingerprint density at radius 2 is 2.44 bits per heavy atom. The van der Waals surface area contributed by atoms with Crippen LogP contribution in [0.4, 0.5) is 0 Å². The van der Waals surface area contributed by atoms with Gasteiger partial charge >= 0.3 is 0 Å². The van der Waals surface area contributed by atoms with Gasteiger partial charge in [-0.05, 0) is 26.2 Å². The van der Waals surface area contributed by atoms with Crippen molar-refractivity contribution in [2.75, 3.05) is 7.11 Å². The highest BCUT2D eigenvalue weighted by molar-refractivity contribution is 5.03.